The molecule has 3 aromatic rings. The average Bonchev–Trinajstić information content (AvgIpc) is 2.89. The molecule has 7 nitrogen and oxygen atoms in total. The number of ether oxygens (including phenoxy) is 2. The van der Waals surface area contributed by atoms with Gasteiger partial charge in [-0.05, 0) is 41.8 Å². The zero-order valence-electron chi connectivity index (χ0n) is 18.9. The molecule has 174 valence electrons. The van der Waals surface area contributed by atoms with E-state index in [0.29, 0.717) is 36.9 Å². The van der Waals surface area contributed by atoms with Crippen LogP contribution in [0.25, 0.3) is 0 Å². The van der Waals surface area contributed by atoms with Crippen molar-refractivity contribution < 1.29 is 14.3 Å². The highest BCUT2D eigenvalue weighted by molar-refractivity contribution is 5.94. The molecule has 0 bridgehead atoms. The standard InChI is InChI=1S/C27H28N4O3/c28-18-21-8-6-20(7-9-21)12-15-29-26(22-4-2-1-3-5-22)27(32)31-25-11-10-24(19-30-25)34-23-13-16-33-17-14-23/h1-11,19,23,26,29H,12-17H2,(H,30,31,32)/t26-/m0/s1. The first-order valence-corrected chi connectivity index (χ1v) is 11.5. The molecule has 1 aliphatic rings. The van der Waals surface area contributed by atoms with E-state index in [1.165, 1.54) is 0 Å². The fraction of sp³-hybridized carbons (Fsp3) is 0.296. The van der Waals surface area contributed by atoms with E-state index in [1.54, 1.807) is 24.4 Å². The normalized spacial score (nSPS) is 14.7. The summed E-state index contributed by atoms with van der Waals surface area (Å²) in [6.45, 7) is 2.03. The third-order valence-corrected chi connectivity index (χ3v) is 5.70. The largest absolute Gasteiger partial charge is 0.489 e. The van der Waals surface area contributed by atoms with Crippen molar-refractivity contribution in [2.45, 2.75) is 31.4 Å². The molecule has 0 radical (unpaired) electrons. The predicted molar refractivity (Wildman–Crippen MR) is 129 cm³/mol. The molecule has 7 heteroatoms. The number of benzene rings is 2. The lowest BCUT2D eigenvalue weighted by atomic mass is 10.1. The minimum absolute atomic E-state index is 0.138. The van der Waals surface area contributed by atoms with Gasteiger partial charge < -0.3 is 20.1 Å². The summed E-state index contributed by atoms with van der Waals surface area (Å²) in [5.41, 5.74) is 2.61. The van der Waals surface area contributed by atoms with Gasteiger partial charge in [0, 0.05) is 19.4 Å². The number of nitrogens with zero attached hydrogens (tertiary/aromatic N) is 2. The Morgan fingerprint density at radius 2 is 1.85 bits per heavy atom. The van der Waals surface area contributed by atoms with E-state index in [9.17, 15) is 4.79 Å². The van der Waals surface area contributed by atoms with Crippen molar-refractivity contribution in [1.29, 1.82) is 5.26 Å². The smallest absolute Gasteiger partial charge is 0.247 e. The van der Waals surface area contributed by atoms with Gasteiger partial charge in [0.1, 0.15) is 23.7 Å². The molecule has 1 fully saturated rings. The van der Waals surface area contributed by atoms with Crippen molar-refractivity contribution in [2.75, 3.05) is 25.1 Å². The second kappa shape index (κ2) is 11.9. The van der Waals surface area contributed by atoms with Crippen LogP contribution >= 0.6 is 0 Å². The Hall–Kier alpha value is -3.73. The maximum absolute atomic E-state index is 13.1. The molecule has 1 atom stereocenters. The van der Waals surface area contributed by atoms with Gasteiger partial charge in [-0.1, -0.05) is 42.5 Å². The number of pyridine rings is 1. The number of carbonyl (C=O) groups is 1. The monoisotopic (exact) mass is 456 g/mol. The van der Waals surface area contributed by atoms with E-state index in [1.807, 2.05) is 48.5 Å². The first-order valence-electron chi connectivity index (χ1n) is 11.5. The molecule has 0 saturated carbocycles. The molecule has 2 N–H and O–H groups in total. The van der Waals surface area contributed by atoms with Gasteiger partial charge in [0.25, 0.3) is 0 Å². The van der Waals surface area contributed by atoms with Crippen LogP contribution in [0.15, 0.2) is 72.9 Å². The van der Waals surface area contributed by atoms with Crippen LogP contribution in [0.3, 0.4) is 0 Å². The fourth-order valence-corrected chi connectivity index (χ4v) is 3.82. The molecule has 0 aliphatic carbocycles. The van der Waals surface area contributed by atoms with Gasteiger partial charge >= 0.3 is 0 Å². The molecule has 1 aliphatic heterocycles. The molecule has 0 unspecified atom stereocenters. The molecule has 1 saturated heterocycles. The van der Waals surface area contributed by atoms with Crippen LogP contribution in [0.5, 0.6) is 5.75 Å². The fourth-order valence-electron chi connectivity index (χ4n) is 3.82. The number of hydrogen-bond donors (Lipinski definition) is 2. The lowest BCUT2D eigenvalue weighted by Crippen LogP contribution is -2.34. The van der Waals surface area contributed by atoms with Gasteiger partial charge in [-0.15, -0.1) is 0 Å². The summed E-state index contributed by atoms with van der Waals surface area (Å²) in [4.78, 5) is 17.5. The second-order valence-corrected chi connectivity index (χ2v) is 8.15. The number of rotatable bonds is 9. The van der Waals surface area contributed by atoms with Gasteiger partial charge in [0.2, 0.25) is 5.91 Å². The molecule has 34 heavy (non-hydrogen) atoms. The molecular weight excluding hydrogens is 428 g/mol. The van der Waals surface area contributed by atoms with Crippen LogP contribution in [0, 0.1) is 11.3 Å². The van der Waals surface area contributed by atoms with Crippen molar-refractivity contribution in [3.8, 4) is 11.8 Å². The Labute approximate surface area is 199 Å². The summed E-state index contributed by atoms with van der Waals surface area (Å²) >= 11 is 0. The number of nitriles is 1. The van der Waals surface area contributed by atoms with E-state index < -0.39 is 6.04 Å². The van der Waals surface area contributed by atoms with Gasteiger partial charge in [0.05, 0.1) is 31.0 Å². The van der Waals surface area contributed by atoms with Crippen molar-refractivity contribution in [2.24, 2.45) is 0 Å². The third-order valence-electron chi connectivity index (χ3n) is 5.70. The Morgan fingerprint density at radius 1 is 1.09 bits per heavy atom. The highest BCUT2D eigenvalue weighted by Crippen LogP contribution is 2.20. The van der Waals surface area contributed by atoms with Crippen LogP contribution in [0.2, 0.25) is 0 Å². The zero-order chi connectivity index (χ0) is 23.6. The number of anilines is 1. The van der Waals surface area contributed by atoms with Crippen molar-refractivity contribution in [1.82, 2.24) is 10.3 Å². The molecule has 0 spiro atoms. The van der Waals surface area contributed by atoms with Crippen molar-refractivity contribution in [3.05, 3.63) is 89.6 Å². The van der Waals surface area contributed by atoms with Gasteiger partial charge in [-0.25, -0.2) is 4.98 Å². The number of amides is 1. The van der Waals surface area contributed by atoms with E-state index in [-0.39, 0.29) is 12.0 Å². The quantitative estimate of drug-likeness (QED) is 0.505. The Balaban J connectivity index is 1.36. The average molecular weight is 457 g/mol. The number of hydrogen-bond acceptors (Lipinski definition) is 6. The molecule has 2 heterocycles. The van der Waals surface area contributed by atoms with Crippen LogP contribution in [0.1, 0.15) is 35.6 Å². The first-order chi connectivity index (χ1) is 16.7. The molecule has 1 amide bonds. The highest BCUT2D eigenvalue weighted by Gasteiger charge is 2.21. The topological polar surface area (TPSA) is 96.3 Å². The minimum Gasteiger partial charge on any atom is -0.489 e. The summed E-state index contributed by atoms with van der Waals surface area (Å²) < 4.78 is 11.3. The summed E-state index contributed by atoms with van der Waals surface area (Å²) in [7, 11) is 0. The lowest BCUT2D eigenvalue weighted by molar-refractivity contribution is -0.118. The van der Waals surface area contributed by atoms with Crippen LogP contribution in [0.4, 0.5) is 5.82 Å². The number of nitrogens with one attached hydrogen (secondary N) is 2. The third kappa shape index (κ3) is 6.64. The van der Waals surface area contributed by atoms with E-state index in [0.717, 1.165) is 30.4 Å². The van der Waals surface area contributed by atoms with Crippen LogP contribution in [-0.4, -0.2) is 36.8 Å². The van der Waals surface area contributed by atoms with Gasteiger partial charge in [-0.3, -0.25) is 4.79 Å². The predicted octanol–water partition coefficient (Wildman–Crippen LogP) is 4.02. The van der Waals surface area contributed by atoms with E-state index >= 15 is 0 Å². The first kappa shape index (κ1) is 23.4. The second-order valence-electron chi connectivity index (χ2n) is 8.15. The van der Waals surface area contributed by atoms with Crippen molar-refractivity contribution >= 4 is 11.7 Å². The zero-order valence-corrected chi connectivity index (χ0v) is 18.9. The Kier molecular flexibility index (Phi) is 8.22. The summed E-state index contributed by atoms with van der Waals surface area (Å²) in [5, 5.41) is 15.2. The maximum Gasteiger partial charge on any atom is 0.247 e. The number of aromatic nitrogens is 1. The molecule has 4 rings (SSSR count). The van der Waals surface area contributed by atoms with Gasteiger partial charge in [-0.2, -0.15) is 5.26 Å². The molecule has 1 aromatic heterocycles. The summed E-state index contributed by atoms with van der Waals surface area (Å²) in [6, 6.07) is 22.3. The van der Waals surface area contributed by atoms with E-state index in [2.05, 4.69) is 21.7 Å². The van der Waals surface area contributed by atoms with Crippen LogP contribution in [-0.2, 0) is 16.0 Å². The van der Waals surface area contributed by atoms with E-state index in [4.69, 9.17) is 14.7 Å². The SMILES string of the molecule is N#Cc1ccc(CCN[C@H](C(=O)Nc2ccc(OC3CCOCC3)cn2)c2ccccc2)cc1. The molecule has 2 aromatic carbocycles. The summed E-state index contributed by atoms with van der Waals surface area (Å²) in [6.07, 6.45) is 4.25. The highest BCUT2D eigenvalue weighted by atomic mass is 16.5. The Bertz CT molecular complexity index is 1090. The molecular formula is C27H28N4O3. The summed E-state index contributed by atoms with van der Waals surface area (Å²) in [5.74, 6) is 0.973. The van der Waals surface area contributed by atoms with Gasteiger partial charge in [0.15, 0.2) is 0 Å². The lowest BCUT2D eigenvalue weighted by Gasteiger charge is -2.23. The van der Waals surface area contributed by atoms with Crippen LogP contribution < -0.4 is 15.4 Å². The maximum atomic E-state index is 13.1. The number of carbonyl (C=O) groups excluding carboxylic acids is 1. The van der Waals surface area contributed by atoms with Crippen molar-refractivity contribution in [3.63, 3.8) is 0 Å². The minimum atomic E-state index is -0.528. The Morgan fingerprint density at radius 3 is 2.53 bits per heavy atom.